The van der Waals surface area contributed by atoms with Crippen LogP contribution in [-0.4, -0.2) is 24.6 Å². The van der Waals surface area contributed by atoms with Crippen molar-refractivity contribution in [1.29, 1.82) is 0 Å². The Morgan fingerprint density at radius 3 is 2.82 bits per heavy atom. The standard InChI is InChI=1S/C11H13F2NO2S/c1-16-11(15)6-17-5-10(14)8-3-2-7(12)4-9(8)13/h2-4,10H,5-6,14H2,1H3. The van der Waals surface area contributed by atoms with Gasteiger partial charge in [-0.1, -0.05) is 6.07 Å². The number of benzene rings is 1. The van der Waals surface area contributed by atoms with E-state index in [0.29, 0.717) is 5.75 Å². The number of esters is 1. The van der Waals surface area contributed by atoms with E-state index in [1.165, 1.54) is 24.9 Å². The van der Waals surface area contributed by atoms with E-state index in [9.17, 15) is 13.6 Å². The molecule has 0 bridgehead atoms. The van der Waals surface area contributed by atoms with E-state index in [0.717, 1.165) is 12.1 Å². The highest BCUT2D eigenvalue weighted by molar-refractivity contribution is 7.99. The number of carbonyl (C=O) groups excluding carboxylic acids is 1. The lowest BCUT2D eigenvalue weighted by Gasteiger charge is -2.12. The zero-order chi connectivity index (χ0) is 12.8. The van der Waals surface area contributed by atoms with Crippen molar-refractivity contribution in [2.75, 3.05) is 18.6 Å². The molecule has 0 saturated carbocycles. The molecule has 1 unspecified atom stereocenters. The van der Waals surface area contributed by atoms with Gasteiger partial charge in [0.1, 0.15) is 11.6 Å². The molecule has 17 heavy (non-hydrogen) atoms. The summed E-state index contributed by atoms with van der Waals surface area (Å²) < 4.78 is 30.5. The first-order valence-corrected chi connectivity index (χ1v) is 6.05. The maximum atomic E-state index is 13.3. The Morgan fingerprint density at radius 2 is 2.24 bits per heavy atom. The van der Waals surface area contributed by atoms with Crippen LogP contribution in [0.15, 0.2) is 18.2 Å². The minimum Gasteiger partial charge on any atom is -0.468 e. The lowest BCUT2D eigenvalue weighted by molar-refractivity contribution is -0.137. The molecule has 1 aromatic carbocycles. The van der Waals surface area contributed by atoms with Crippen LogP contribution in [-0.2, 0) is 9.53 Å². The van der Waals surface area contributed by atoms with Gasteiger partial charge in [-0.15, -0.1) is 11.8 Å². The average molecular weight is 261 g/mol. The molecule has 0 saturated heterocycles. The monoisotopic (exact) mass is 261 g/mol. The van der Waals surface area contributed by atoms with Crippen molar-refractivity contribution >= 4 is 17.7 Å². The van der Waals surface area contributed by atoms with Gasteiger partial charge in [-0.05, 0) is 6.07 Å². The molecule has 1 rings (SSSR count). The molecule has 0 aliphatic rings. The Balaban J connectivity index is 2.52. The maximum Gasteiger partial charge on any atom is 0.315 e. The van der Waals surface area contributed by atoms with Crippen molar-refractivity contribution in [3.05, 3.63) is 35.4 Å². The van der Waals surface area contributed by atoms with Gasteiger partial charge in [-0.3, -0.25) is 4.79 Å². The number of carbonyl (C=O) groups is 1. The predicted molar refractivity (Wildman–Crippen MR) is 62.6 cm³/mol. The molecular formula is C11H13F2NO2S. The van der Waals surface area contributed by atoms with Gasteiger partial charge in [0.25, 0.3) is 0 Å². The fraction of sp³-hybridized carbons (Fsp3) is 0.364. The van der Waals surface area contributed by atoms with Crippen molar-refractivity contribution in [3.63, 3.8) is 0 Å². The van der Waals surface area contributed by atoms with Crippen LogP contribution in [0.25, 0.3) is 0 Å². The smallest absolute Gasteiger partial charge is 0.315 e. The summed E-state index contributed by atoms with van der Waals surface area (Å²) in [4.78, 5) is 10.8. The Hall–Kier alpha value is -1.14. The summed E-state index contributed by atoms with van der Waals surface area (Å²) in [7, 11) is 1.29. The fourth-order valence-electron chi connectivity index (χ4n) is 1.22. The topological polar surface area (TPSA) is 52.3 Å². The molecule has 1 atom stereocenters. The number of hydrogen-bond acceptors (Lipinski definition) is 4. The quantitative estimate of drug-likeness (QED) is 0.822. The highest BCUT2D eigenvalue weighted by atomic mass is 32.2. The van der Waals surface area contributed by atoms with Crippen molar-refractivity contribution in [2.24, 2.45) is 5.73 Å². The third-order valence-corrected chi connectivity index (χ3v) is 3.14. The molecule has 3 nitrogen and oxygen atoms in total. The first-order valence-electron chi connectivity index (χ1n) is 4.89. The number of ether oxygens (including phenoxy) is 1. The molecule has 0 heterocycles. The summed E-state index contributed by atoms with van der Waals surface area (Å²) in [5.41, 5.74) is 5.98. The minimum atomic E-state index is -0.670. The second-order valence-electron chi connectivity index (χ2n) is 3.36. The highest BCUT2D eigenvalue weighted by Crippen LogP contribution is 2.19. The van der Waals surface area contributed by atoms with Gasteiger partial charge in [-0.25, -0.2) is 8.78 Å². The van der Waals surface area contributed by atoms with E-state index in [4.69, 9.17) is 5.73 Å². The van der Waals surface area contributed by atoms with Crippen molar-refractivity contribution in [3.8, 4) is 0 Å². The van der Waals surface area contributed by atoms with E-state index >= 15 is 0 Å². The van der Waals surface area contributed by atoms with E-state index in [2.05, 4.69) is 4.74 Å². The normalized spacial score (nSPS) is 12.2. The minimum absolute atomic E-state index is 0.160. The van der Waals surface area contributed by atoms with Gasteiger partial charge in [0, 0.05) is 23.4 Å². The molecule has 0 spiro atoms. The largest absolute Gasteiger partial charge is 0.468 e. The highest BCUT2D eigenvalue weighted by Gasteiger charge is 2.13. The number of hydrogen-bond donors (Lipinski definition) is 1. The van der Waals surface area contributed by atoms with Crippen LogP contribution in [0.2, 0.25) is 0 Å². The van der Waals surface area contributed by atoms with E-state index in [1.807, 2.05) is 0 Å². The van der Waals surface area contributed by atoms with Crippen LogP contribution >= 0.6 is 11.8 Å². The second-order valence-corrected chi connectivity index (χ2v) is 4.39. The number of rotatable bonds is 5. The zero-order valence-electron chi connectivity index (χ0n) is 9.28. The third kappa shape index (κ3) is 4.32. The van der Waals surface area contributed by atoms with Crippen LogP contribution < -0.4 is 5.73 Å². The van der Waals surface area contributed by atoms with E-state index in [1.54, 1.807) is 0 Å². The first kappa shape index (κ1) is 13.9. The van der Waals surface area contributed by atoms with Gasteiger partial charge in [-0.2, -0.15) is 0 Å². The molecule has 6 heteroatoms. The number of thioether (sulfide) groups is 1. The van der Waals surface area contributed by atoms with Gasteiger partial charge < -0.3 is 10.5 Å². The molecule has 94 valence electrons. The van der Waals surface area contributed by atoms with Crippen molar-refractivity contribution in [2.45, 2.75) is 6.04 Å². The predicted octanol–water partition coefficient (Wildman–Crippen LogP) is 1.87. The molecular weight excluding hydrogens is 248 g/mol. The fourth-order valence-corrected chi connectivity index (χ4v) is 2.06. The maximum absolute atomic E-state index is 13.3. The Bertz CT molecular complexity index is 401. The number of methoxy groups -OCH3 is 1. The lowest BCUT2D eigenvalue weighted by Crippen LogP contribution is -2.16. The Labute approximate surface area is 102 Å². The molecule has 1 aromatic rings. The molecule has 0 aliphatic carbocycles. The lowest BCUT2D eigenvalue weighted by atomic mass is 10.1. The Morgan fingerprint density at radius 1 is 1.53 bits per heavy atom. The summed E-state index contributed by atoms with van der Waals surface area (Å²) in [6.45, 7) is 0. The summed E-state index contributed by atoms with van der Waals surface area (Å²) in [6, 6.07) is 2.68. The van der Waals surface area contributed by atoms with Gasteiger partial charge in [0.05, 0.1) is 12.9 Å². The van der Waals surface area contributed by atoms with Gasteiger partial charge >= 0.3 is 5.97 Å². The summed E-state index contributed by atoms with van der Waals surface area (Å²) in [5, 5.41) is 0. The first-order chi connectivity index (χ1) is 8.04. The van der Waals surface area contributed by atoms with Gasteiger partial charge in [0.15, 0.2) is 0 Å². The summed E-state index contributed by atoms with van der Waals surface area (Å²) in [5.74, 6) is -1.15. The Kier molecular flexibility index (Phi) is 5.37. The molecule has 0 fully saturated rings. The second kappa shape index (κ2) is 6.56. The summed E-state index contributed by atoms with van der Waals surface area (Å²) in [6.07, 6.45) is 0. The van der Waals surface area contributed by atoms with Crippen LogP contribution in [0.1, 0.15) is 11.6 Å². The van der Waals surface area contributed by atoms with Crippen LogP contribution in [0.5, 0.6) is 0 Å². The van der Waals surface area contributed by atoms with Crippen LogP contribution in [0.4, 0.5) is 8.78 Å². The van der Waals surface area contributed by atoms with Gasteiger partial charge in [0.2, 0.25) is 0 Å². The van der Waals surface area contributed by atoms with Crippen LogP contribution in [0, 0.1) is 11.6 Å². The zero-order valence-corrected chi connectivity index (χ0v) is 10.1. The van der Waals surface area contributed by atoms with E-state index in [-0.39, 0.29) is 17.3 Å². The molecule has 0 radical (unpaired) electrons. The van der Waals surface area contributed by atoms with Crippen LogP contribution in [0.3, 0.4) is 0 Å². The number of halogens is 2. The number of nitrogens with two attached hydrogens (primary N) is 1. The van der Waals surface area contributed by atoms with E-state index < -0.39 is 17.7 Å². The molecule has 0 amide bonds. The molecule has 2 N–H and O–H groups in total. The van der Waals surface area contributed by atoms with Crippen molar-refractivity contribution < 1.29 is 18.3 Å². The molecule has 0 aliphatic heterocycles. The summed E-state index contributed by atoms with van der Waals surface area (Å²) >= 11 is 1.24. The third-order valence-electron chi connectivity index (χ3n) is 2.11. The molecule has 0 aromatic heterocycles. The van der Waals surface area contributed by atoms with Crippen molar-refractivity contribution in [1.82, 2.24) is 0 Å². The average Bonchev–Trinajstić information content (AvgIpc) is 2.28. The SMILES string of the molecule is COC(=O)CSCC(N)c1ccc(F)cc1F.